The maximum atomic E-state index is 13.6. The zero-order chi connectivity index (χ0) is 19.6. The normalized spacial score (nSPS) is 21.1. The molecule has 0 aromatic heterocycles. The molecule has 3 nitrogen and oxygen atoms in total. The fourth-order valence-corrected chi connectivity index (χ4v) is 4.50. The van der Waals surface area contributed by atoms with Gasteiger partial charge in [0.25, 0.3) is 0 Å². The standard InChI is InChI=1S/C25H25NO2/c1-26-23(27)24(17-20-11-5-2-6-12-20,18-21-13-7-3-8-14-21)19-25(26,28)22-15-9-4-10-16-22/h2-16,28H,17-19H2,1H3. The highest BCUT2D eigenvalue weighted by Crippen LogP contribution is 2.49. The van der Waals surface area contributed by atoms with Crippen LogP contribution in [0.5, 0.6) is 0 Å². The summed E-state index contributed by atoms with van der Waals surface area (Å²) < 4.78 is 0. The lowest BCUT2D eigenvalue weighted by atomic mass is 9.73. The van der Waals surface area contributed by atoms with Crippen molar-refractivity contribution in [3.63, 3.8) is 0 Å². The van der Waals surface area contributed by atoms with Crippen LogP contribution in [0.3, 0.4) is 0 Å². The minimum absolute atomic E-state index is 0.00782. The molecule has 0 saturated carbocycles. The summed E-state index contributed by atoms with van der Waals surface area (Å²) in [6, 6.07) is 29.7. The fourth-order valence-electron chi connectivity index (χ4n) is 4.50. The van der Waals surface area contributed by atoms with Gasteiger partial charge in [0.15, 0.2) is 5.72 Å². The maximum Gasteiger partial charge on any atom is 0.231 e. The molecule has 1 unspecified atom stereocenters. The Bertz CT molecular complexity index is 899. The van der Waals surface area contributed by atoms with E-state index in [0.29, 0.717) is 19.3 Å². The van der Waals surface area contributed by atoms with Crippen molar-refractivity contribution in [2.45, 2.75) is 25.0 Å². The molecule has 3 aromatic rings. The van der Waals surface area contributed by atoms with Gasteiger partial charge in [0.1, 0.15) is 0 Å². The van der Waals surface area contributed by atoms with E-state index in [1.54, 1.807) is 7.05 Å². The molecule has 0 radical (unpaired) electrons. The monoisotopic (exact) mass is 371 g/mol. The molecule has 0 aliphatic carbocycles. The van der Waals surface area contributed by atoms with Crippen molar-refractivity contribution >= 4 is 5.91 Å². The van der Waals surface area contributed by atoms with Gasteiger partial charge in [-0.25, -0.2) is 0 Å². The summed E-state index contributed by atoms with van der Waals surface area (Å²) in [6.07, 6.45) is 1.56. The zero-order valence-corrected chi connectivity index (χ0v) is 16.1. The highest BCUT2D eigenvalue weighted by atomic mass is 16.3. The van der Waals surface area contributed by atoms with Gasteiger partial charge >= 0.3 is 0 Å². The molecule has 1 heterocycles. The Morgan fingerprint density at radius 1 is 0.786 bits per heavy atom. The van der Waals surface area contributed by atoms with Gasteiger partial charge in [-0.3, -0.25) is 4.79 Å². The lowest BCUT2D eigenvalue weighted by molar-refractivity contribution is -0.145. The van der Waals surface area contributed by atoms with E-state index in [4.69, 9.17) is 0 Å². The lowest BCUT2D eigenvalue weighted by Gasteiger charge is -2.31. The Morgan fingerprint density at radius 2 is 1.21 bits per heavy atom. The second-order valence-corrected chi connectivity index (χ2v) is 7.83. The Morgan fingerprint density at radius 3 is 1.68 bits per heavy atom. The topological polar surface area (TPSA) is 40.5 Å². The van der Waals surface area contributed by atoms with Gasteiger partial charge in [-0.1, -0.05) is 91.0 Å². The summed E-state index contributed by atoms with van der Waals surface area (Å²) in [7, 11) is 1.72. The molecule has 0 spiro atoms. The van der Waals surface area contributed by atoms with Crippen LogP contribution in [-0.2, 0) is 23.4 Å². The van der Waals surface area contributed by atoms with Crippen LogP contribution < -0.4 is 0 Å². The van der Waals surface area contributed by atoms with Crippen LogP contribution in [0.1, 0.15) is 23.1 Å². The molecule has 142 valence electrons. The molecule has 1 fully saturated rings. The largest absolute Gasteiger partial charge is 0.367 e. The van der Waals surface area contributed by atoms with Gasteiger partial charge < -0.3 is 10.0 Å². The molecule has 1 aliphatic heterocycles. The quantitative estimate of drug-likeness (QED) is 0.731. The molecular formula is C25H25NO2. The van der Waals surface area contributed by atoms with E-state index in [0.717, 1.165) is 16.7 Å². The summed E-state index contributed by atoms with van der Waals surface area (Å²) in [5.41, 5.74) is 0.980. The molecule has 4 rings (SSSR count). The number of likely N-dealkylation sites (tertiary alicyclic amines) is 1. The van der Waals surface area contributed by atoms with E-state index in [1.165, 1.54) is 4.90 Å². The lowest BCUT2D eigenvalue weighted by Crippen LogP contribution is -2.41. The summed E-state index contributed by atoms with van der Waals surface area (Å²) in [4.78, 5) is 15.1. The van der Waals surface area contributed by atoms with Crippen molar-refractivity contribution in [2.75, 3.05) is 7.05 Å². The predicted molar refractivity (Wildman–Crippen MR) is 110 cm³/mol. The fraction of sp³-hybridized carbons (Fsp3) is 0.240. The van der Waals surface area contributed by atoms with Crippen molar-refractivity contribution in [1.29, 1.82) is 0 Å². The van der Waals surface area contributed by atoms with Crippen LogP contribution in [0.15, 0.2) is 91.0 Å². The van der Waals surface area contributed by atoms with E-state index < -0.39 is 11.1 Å². The number of hydrogen-bond donors (Lipinski definition) is 1. The third-order valence-corrected chi connectivity index (χ3v) is 5.90. The van der Waals surface area contributed by atoms with E-state index in [-0.39, 0.29) is 5.91 Å². The number of rotatable bonds is 5. The van der Waals surface area contributed by atoms with Crippen LogP contribution in [0.4, 0.5) is 0 Å². The van der Waals surface area contributed by atoms with Gasteiger partial charge in [-0.15, -0.1) is 0 Å². The van der Waals surface area contributed by atoms with E-state index >= 15 is 0 Å². The number of nitrogens with zero attached hydrogens (tertiary/aromatic N) is 1. The highest BCUT2D eigenvalue weighted by Gasteiger charge is 2.57. The second kappa shape index (κ2) is 7.25. The van der Waals surface area contributed by atoms with Gasteiger partial charge in [-0.05, 0) is 24.0 Å². The first-order chi connectivity index (χ1) is 13.5. The van der Waals surface area contributed by atoms with Crippen LogP contribution in [0, 0.1) is 5.41 Å². The predicted octanol–water partition coefficient (Wildman–Crippen LogP) is 4.17. The van der Waals surface area contributed by atoms with E-state index in [9.17, 15) is 9.90 Å². The molecule has 28 heavy (non-hydrogen) atoms. The smallest absolute Gasteiger partial charge is 0.231 e. The Balaban J connectivity index is 1.77. The Hall–Kier alpha value is -2.91. The van der Waals surface area contributed by atoms with Crippen LogP contribution in [-0.4, -0.2) is 23.0 Å². The average molecular weight is 371 g/mol. The van der Waals surface area contributed by atoms with Crippen LogP contribution >= 0.6 is 0 Å². The third kappa shape index (κ3) is 3.23. The number of hydrogen-bond acceptors (Lipinski definition) is 2. The third-order valence-electron chi connectivity index (χ3n) is 5.90. The van der Waals surface area contributed by atoms with Crippen LogP contribution in [0.25, 0.3) is 0 Å². The summed E-state index contributed by atoms with van der Waals surface area (Å²) in [6.45, 7) is 0. The van der Waals surface area contributed by atoms with Crippen molar-refractivity contribution in [2.24, 2.45) is 5.41 Å². The van der Waals surface area contributed by atoms with Gasteiger partial charge in [0, 0.05) is 19.0 Å². The van der Waals surface area contributed by atoms with Crippen LogP contribution in [0.2, 0.25) is 0 Å². The number of benzene rings is 3. The summed E-state index contributed by atoms with van der Waals surface area (Å²) >= 11 is 0. The summed E-state index contributed by atoms with van der Waals surface area (Å²) in [5.74, 6) is -0.00782. The minimum Gasteiger partial charge on any atom is -0.367 e. The first kappa shape index (κ1) is 18.5. The average Bonchev–Trinajstić information content (AvgIpc) is 2.92. The molecule has 0 bridgehead atoms. The molecule has 3 heteroatoms. The van der Waals surface area contributed by atoms with Crippen molar-refractivity contribution in [3.05, 3.63) is 108 Å². The Labute approximate surface area is 166 Å². The number of carbonyl (C=O) groups is 1. The molecule has 1 N–H and O–H groups in total. The zero-order valence-electron chi connectivity index (χ0n) is 16.1. The molecule has 1 atom stereocenters. The first-order valence-electron chi connectivity index (χ1n) is 9.68. The number of amides is 1. The van der Waals surface area contributed by atoms with E-state index in [1.807, 2.05) is 66.7 Å². The van der Waals surface area contributed by atoms with Gasteiger partial charge in [-0.2, -0.15) is 0 Å². The first-order valence-corrected chi connectivity index (χ1v) is 9.68. The molecular weight excluding hydrogens is 346 g/mol. The van der Waals surface area contributed by atoms with Gasteiger partial charge in [0.05, 0.1) is 5.41 Å². The molecule has 1 amide bonds. The van der Waals surface area contributed by atoms with Crippen molar-refractivity contribution in [3.8, 4) is 0 Å². The second-order valence-electron chi connectivity index (χ2n) is 7.83. The number of aliphatic hydroxyl groups is 1. The van der Waals surface area contributed by atoms with Crippen molar-refractivity contribution in [1.82, 2.24) is 4.90 Å². The molecule has 1 saturated heterocycles. The summed E-state index contributed by atoms with van der Waals surface area (Å²) in [5, 5.41) is 11.6. The highest BCUT2D eigenvalue weighted by molar-refractivity contribution is 5.86. The number of carbonyl (C=O) groups excluding carboxylic acids is 1. The molecule has 1 aliphatic rings. The minimum atomic E-state index is -1.30. The Kier molecular flexibility index (Phi) is 4.78. The molecule has 3 aromatic carbocycles. The van der Waals surface area contributed by atoms with E-state index in [2.05, 4.69) is 24.3 Å². The van der Waals surface area contributed by atoms with Crippen molar-refractivity contribution < 1.29 is 9.90 Å². The maximum absolute atomic E-state index is 13.6. The SMILES string of the molecule is CN1C(=O)C(Cc2ccccc2)(Cc2ccccc2)CC1(O)c1ccccc1. The van der Waals surface area contributed by atoms with Gasteiger partial charge in [0.2, 0.25) is 5.91 Å².